The zero-order valence-electron chi connectivity index (χ0n) is 34.8. The summed E-state index contributed by atoms with van der Waals surface area (Å²) in [6.45, 7) is 8.54. The van der Waals surface area contributed by atoms with E-state index < -0.39 is 0 Å². The van der Waals surface area contributed by atoms with Crippen LogP contribution in [0.2, 0.25) is 0 Å². The Kier molecular flexibility index (Phi) is 8.66. The Balaban J connectivity index is 1.21. The molecule has 11 aromatic rings. The SMILES string of the molecule is Cc1ccc2c(c1)c1cc(C)ccc1n2-c1cc(-c2nc(-c3ccccc3)nc(-c3ccccc3)n2)ccc1-c1cccc(-n2c3ccc(C)cc3c3cc(C)ccc32)c1C#N. The standard InChI is InChI=1S/C56H40N6/c1-34-18-24-49-43(28-34)44-29-35(2)19-25-50(44)61(49)48-17-11-16-41(47(48)33-57)42-23-22-40(32-53(42)62-51-26-20-36(3)30-45(51)46-31-37(4)21-27-52(46)62)56-59-54(38-12-7-5-8-13-38)58-55(60-56)39-14-9-6-10-15-39/h5-32H,1-4H3. The van der Waals surface area contributed by atoms with E-state index in [1.807, 2.05) is 60.7 Å². The second-order valence-corrected chi connectivity index (χ2v) is 16.3. The van der Waals surface area contributed by atoms with Gasteiger partial charge in [-0.3, -0.25) is 0 Å². The Morgan fingerprint density at radius 2 is 0.790 bits per heavy atom. The van der Waals surface area contributed by atoms with Gasteiger partial charge in [0.05, 0.1) is 39.0 Å². The topological polar surface area (TPSA) is 72.3 Å². The van der Waals surface area contributed by atoms with E-state index in [1.165, 1.54) is 43.8 Å². The molecule has 6 nitrogen and oxygen atoms in total. The molecule has 3 heterocycles. The summed E-state index contributed by atoms with van der Waals surface area (Å²) in [5, 5.41) is 16.0. The molecule has 11 rings (SSSR count). The van der Waals surface area contributed by atoms with Crippen LogP contribution < -0.4 is 0 Å². The summed E-state index contributed by atoms with van der Waals surface area (Å²) in [7, 11) is 0. The Labute approximate surface area is 359 Å². The van der Waals surface area contributed by atoms with Crippen molar-refractivity contribution in [2.24, 2.45) is 0 Å². The predicted molar refractivity (Wildman–Crippen MR) is 254 cm³/mol. The molecular weight excluding hydrogens is 757 g/mol. The van der Waals surface area contributed by atoms with Crippen LogP contribution in [0.3, 0.4) is 0 Å². The number of hydrogen-bond donors (Lipinski definition) is 0. The van der Waals surface area contributed by atoms with Crippen LogP contribution in [0.4, 0.5) is 0 Å². The van der Waals surface area contributed by atoms with Crippen molar-refractivity contribution < 1.29 is 0 Å². The minimum atomic E-state index is 0.558. The molecule has 0 fully saturated rings. The Bertz CT molecular complexity index is 3450. The first-order valence-electron chi connectivity index (χ1n) is 20.9. The number of hydrogen-bond acceptors (Lipinski definition) is 4. The Morgan fingerprint density at radius 3 is 1.23 bits per heavy atom. The number of benzene rings is 8. The average molecular weight is 797 g/mol. The van der Waals surface area contributed by atoms with Gasteiger partial charge in [0.1, 0.15) is 6.07 Å². The smallest absolute Gasteiger partial charge is 0.164 e. The van der Waals surface area contributed by atoms with Gasteiger partial charge in [-0.1, -0.05) is 131 Å². The molecule has 0 radical (unpaired) electrons. The van der Waals surface area contributed by atoms with Gasteiger partial charge in [-0.05, 0) is 88.4 Å². The first kappa shape index (κ1) is 36.9. The number of nitriles is 1. The molecule has 62 heavy (non-hydrogen) atoms. The Hall–Kier alpha value is -8.14. The lowest BCUT2D eigenvalue weighted by Crippen LogP contribution is -2.04. The molecule has 0 aliphatic rings. The van der Waals surface area contributed by atoms with Crippen molar-refractivity contribution >= 4 is 43.6 Å². The molecule has 0 amide bonds. The molecule has 0 unspecified atom stereocenters. The van der Waals surface area contributed by atoms with Crippen molar-refractivity contribution in [1.82, 2.24) is 24.1 Å². The zero-order valence-corrected chi connectivity index (χ0v) is 34.8. The predicted octanol–water partition coefficient (Wildman–Crippen LogP) is 13.8. The summed E-state index contributed by atoms with van der Waals surface area (Å²) in [5.41, 5.74) is 15.8. The summed E-state index contributed by atoms with van der Waals surface area (Å²) >= 11 is 0. The van der Waals surface area contributed by atoms with E-state index in [2.05, 4.69) is 152 Å². The third kappa shape index (κ3) is 6.05. The molecule has 0 saturated carbocycles. The minimum absolute atomic E-state index is 0.558. The minimum Gasteiger partial charge on any atom is -0.309 e. The number of rotatable bonds is 6. The van der Waals surface area contributed by atoms with E-state index >= 15 is 0 Å². The number of fused-ring (bicyclic) bond motifs is 6. The summed E-state index contributed by atoms with van der Waals surface area (Å²) in [6.07, 6.45) is 0. The van der Waals surface area contributed by atoms with E-state index in [0.29, 0.717) is 23.0 Å². The van der Waals surface area contributed by atoms with Crippen LogP contribution in [0, 0.1) is 39.0 Å². The highest BCUT2D eigenvalue weighted by atomic mass is 15.0. The summed E-state index contributed by atoms with van der Waals surface area (Å²) in [5.74, 6) is 1.75. The first-order chi connectivity index (χ1) is 30.3. The molecule has 3 aromatic heterocycles. The third-order valence-corrected chi connectivity index (χ3v) is 12.0. The van der Waals surface area contributed by atoms with E-state index in [1.54, 1.807) is 0 Å². The molecule has 6 heteroatoms. The molecule has 8 aromatic carbocycles. The van der Waals surface area contributed by atoms with Crippen molar-refractivity contribution in [2.75, 3.05) is 0 Å². The fourth-order valence-corrected chi connectivity index (χ4v) is 9.11. The van der Waals surface area contributed by atoms with E-state index in [-0.39, 0.29) is 0 Å². The summed E-state index contributed by atoms with van der Waals surface area (Å²) < 4.78 is 4.60. The molecule has 0 spiro atoms. The lowest BCUT2D eigenvalue weighted by Gasteiger charge is -2.19. The van der Waals surface area contributed by atoms with Gasteiger partial charge in [0.15, 0.2) is 17.5 Å². The first-order valence-corrected chi connectivity index (χ1v) is 20.9. The van der Waals surface area contributed by atoms with E-state index in [0.717, 1.165) is 61.3 Å². The van der Waals surface area contributed by atoms with Crippen LogP contribution in [0.5, 0.6) is 0 Å². The fraction of sp³-hybridized carbons (Fsp3) is 0.0714. The van der Waals surface area contributed by atoms with E-state index in [9.17, 15) is 5.26 Å². The molecule has 0 saturated heterocycles. The van der Waals surface area contributed by atoms with Gasteiger partial charge in [-0.15, -0.1) is 0 Å². The normalized spacial score (nSPS) is 11.5. The maximum atomic E-state index is 11.3. The van der Waals surface area contributed by atoms with Gasteiger partial charge in [-0.2, -0.15) is 5.26 Å². The van der Waals surface area contributed by atoms with Crippen molar-refractivity contribution in [3.05, 3.63) is 198 Å². The fourth-order valence-electron chi connectivity index (χ4n) is 9.11. The molecule has 0 aliphatic heterocycles. The summed E-state index contributed by atoms with van der Waals surface area (Å²) in [6, 6.07) is 61.9. The van der Waals surface area contributed by atoms with Crippen LogP contribution in [0.25, 0.3) is 100 Å². The largest absolute Gasteiger partial charge is 0.309 e. The van der Waals surface area contributed by atoms with Gasteiger partial charge >= 0.3 is 0 Å². The van der Waals surface area contributed by atoms with Crippen LogP contribution >= 0.6 is 0 Å². The molecule has 0 aliphatic carbocycles. The van der Waals surface area contributed by atoms with Gasteiger partial charge < -0.3 is 9.13 Å². The highest BCUT2D eigenvalue weighted by molar-refractivity contribution is 6.11. The molecule has 0 bridgehead atoms. The van der Waals surface area contributed by atoms with Crippen molar-refractivity contribution in [2.45, 2.75) is 27.7 Å². The van der Waals surface area contributed by atoms with E-state index in [4.69, 9.17) is 15.0 Å². The number of aromatic nitrogens is 5. The monoisotopic (exact) mass is 796 g/mol. The quantitative estimate of drug-likeness (QED) is 0.168. The van der Waals surface area contributed by atoms with Crippen molar-refractivity contribution in [1.29, 1.82) is 5.26 Å². The van der Waals surface area contributed by atoms with Crippen LogP contribution in [0.1, 0.15) is 27.8 Å². The van der Waals surface area contributed by atoms with Gasteiger partial charge in [0.25, 0.3) is 0 Å². The molecular formula is C56H40N6. The van der Waals surface area contributed by atoms with Crippen molar-refractivity contribution in [3.63, 3.8) is 0 Å². The van der Waals surface area contributed by atoms with Crippen LogP contribution in [-0.4, -0.2) is 24.1 Å². The average Bonchev–Trinajstić information content (AvgIpc) is 3.79. The molecule has 0 atom stereocenters. The van der Waals surface area contributed by atoms with Gasteiger partial charge in [0, 0.05) is 49.4 Å². The highest BCUT2D eigenvalue weighted by Gasteiger charge is 2.23. The third-order valence-electron chi connectivity index (χ3n) is 12.0. The van der Waals surface area contributed by atoms with Crippen LogP contribution in [0.15, 0.2) is 170 Å². The lowest BCUT2D eigenvalue weighted by atomic mass is 9.95. The summed E-state index contributed by atoms with van der Waals surface area (Å²) in [4.78, 5) is 15.3. The second kappa shape index (κ2) is 14.5. The highest BCUT2D eigenvalue weighted by Crippen LogP contribution is 2.42. The maximum absolute atomic E-state index is 11.3. The lowest BCUT2D eigenvalue weighted by molar-refractivity contribution is 1.07. The number of aryl methyl sites for hydroxylation is 4. The molecule has 294 valence electrons. The second-order valence-electron chi connectivity index (χ2n) is 16.3. The van der Waals surface area contributed by atoms with Crippen LogP contribution in [-0.2, 0) is 0 Å². The zero-order chi connectivity index (χ0) is 42.1. The molecule has 0 N–H and O–H groups in total. The van der Waals surface area contributed by atoms with Gasteiger partial charge in [0.2, 0.25) is 0 Å². The van der Waals surface area contributed by atoms with Crippen molar-refractivity contribution in [3.8, 4) is 62.7 Å². The maximum Gasteiger partial charge on any atom is 0.164 e. The Morgan fingerprint density at radius 1 is 0.371 bits per heavy atom. The number of nitrogens with zero attached hydrogens (tertiary/aromatic N) is 6. The van der Waals surface area contributed by atoms with Gasteiger partial charge in [-0.25, -0.2) is 15.0 Å².